The lowest BCUT2D eigenvalue weighted by Gasteiger charge is -2.28. The molecule has 2 amide bonds. The van der Waals surface area contributed by atoms with Gasteiger partial charge in [0.2, 0.25) is 0 Å². The van der Waals surface area contributed by atoms with Crippen LogP contribution in [0.4, 0.5) is 4.79 Å². The summed E-state index contributed by atoms with van der Waals surface area (Å²) >= 11 is 0. The molecule has 6 heteroatoms. The first-order chi connectivity index (χ1) is 8.58. The fraction of sp³-hybridized carbons (Fsp3) is 0.833. The third-order valence-electron chi connectivity index (χ3n) is 3.53. The Morgan fingerprint density at radius 2 is 1.94 bits per heavy atom. The Kier molecular flexibility index (Phi) is 4.06. The minimum atomic E-state index is -0.929. The molecule has 1 saturated heterocycles. The highest BCUT2D eigenvalue weighted by atomic mass is 16.4. The number of carboxylic acids is 1. The summed E-state index contributed by atoms with van der Waals surface area (Å²) in [5.41, 5.74) is 0. The first-order valence-electron chi connectivity index (χ1n) is 6.54. The first kappa shape index (κ1) is 13.1. The molecule has 0 bridgehead atoms. The number of amides is 2. The monoisotopic (exact) mass is 255 g/mol. The van der Waals surface area contributed by atoms with Gasteiger partial charge in [-0.3, -0.25) is 4.79 Å². The standard InChI is InChI=1S/C12H21N3O3/c1-13-5-2-6-14(8-7-13)12(18)15(9-11(16)17)10-3-4-10/h10H,2-9H2,1H3,(H,16,17). The van der Waals surface area contributed by atoms with Crippen LogP contribution in [0.1, 0.15) is 19.3 Å². The van der Waals surface area contributed by atoms with Crippen molar-refractivity contribution in [3.63, 3.8) is 0 Å². The second-order valence-electron chi connectivity index (χ2n) is 5.18. The summed E-state index contributed by atoms with van der Waals surface area (Å²) in [6.45, 7) is 3.10. The van der Waals surface area contributed by atoms with Crippen LogP contribution in [0.5, 0.6) is 0 Å². The van der Waals surface area contributed by atoms with E-state index in [1.807, 2.05) is 7.05 Å². The lowest BCUT2D eigenvalue weighted by Crippen LogP contribution is -2.47. The molecule has 0 aromatic rings. The molecule has 1 aliphatic carbocycles. The van der Waals surface area contributed by atoms with Gasteiger partial charge in [0.1, 0.15) is 6.54 Å². The molecule has 1 N–H and O–H groups in total. The van der Waals surface area contributed by atoms with Gasteiger partial charge in [0.05, 0.1) is 0 Å². The maximum Gasteiger partial charge on any atom is 0.323 e. The zero-order valence-electron chi connectivity index (χ0n) is 10.8. The Hall–Kier alpha value is -1.30. The Labute approximate surface area is 107 Å². The maximum atomic E-state index is 12.3. The average Bonchev–Trinajstić information content (AvgIpc) is 3.12. The molecule has 1 heterocycles. The number of nitrogens with zero attached hydrogens (tertiary/aromatic N) is 3. The van der Waals surface area contributed by atoms with Crippen molar-refractivity contribution in [2.45, 2.75) is 25.3 Å². The van der Waals surface area contributed by atoms with Crippen molar-refractivity contribution in [2.75, 3.05) is 39.8 Å². The van der Waals surface area contributed by atoms with Crippen LogP contribution in [0, 0.1) is 0 Å². The van der Waals surface area contributed by atoms with Crippen LogP contribution in [-0.4, -0.2) is 77.6 Å². The number of carbonyl (C=O) groups is 2. The molecule has 0 atom stereocenters. The van der Waals surface area contributed by atoms with Gasteiger partial charge in [-0.15, -0.1) is 0 Å². The predicted molar refractivity (Wildman–Crippen MR) is 66.4 cm³/mol. The second-order valence-corrected chi connectivity index (χ2v) is 5.18. The topological polar surface area (TPSA) is 64.1 Å². The molecular weight excluding hydrogens is 234 g/mol. The highest BCUT2D eigenvalue weighted by Gasteiger charge is 2.36. The van der Waals surface area contributed by atoms with Crippen LogP contribution >= 0.6 is 0 Å². The van der Waals surface area contributed by atoms with E-state index >= 15 is 0 Å². The molecule has 0 aromatic carbocycles. The van der Waals surface area contributed by atoms with E-state index in [4.69, 9.17) is 5.11 Å². The molecular formula is C12H21N3O3. The number of rotatable bonds is 3. The normalized spacial score (nSPS) is 21.5. The molecule has 2 rings (SSSR count). The summed E-state index contributed by atoms with van der Waals surface area (Å²) in [5.74, 6) is -0.929. The number of likely N-dealkylation sites (N-methyl/N-ethyl adjacent to an activating group) is 1. The second kappa shape index (κ2) is 5.56. The summed E-state index contributed by atoms with van der Waals surface area (Å²) in [6.07, 6.45) is 2.83. The van der Waals surface area contributed by atoms with Crippen molar-refractivity contribution in [3.8, 4) is 0 Å². The Morgan fingerprint density at radius 1 is 1.22 bits per heavy atom. The van der Waals surface area contributed by atoms with Crippen molar-refractivity contribution in [1.29, 1.82) is 0 Å². The Balaban J connectivity index is 1.96. The van der Waals surface area contributed by atoms with Gasteiger partial charge in [0, 0.05) is 25.7 Å². The van der Waals surface area contributed by atoms with Crippen LogP contribution < -0.4 is 0 Å². The molecule has 0 spiro atoms. The van der Waals surface area contributed by atoms with E-state index in [1.165, 1.54) is 4.90 Å². The Morgan fingerprint density at radius 3 is 2.56 bits per heavy atom. The number of hydrogen-bond acceptors (Lipinski definition) is 3. The van der Waals surface area contributed by atoms with Gasteiger partial charge < -0.3 is 19.8 Å². The van der Waals surface area contributed by atoms with Gasteiger partial charge in [-0.1, -0.05) is 0 Å². The summed E-state index contributed by atoms with van der Waals surface area (Å²) in [6, 6.07) is 0.0461. The molecule has 6 nitrogen and oxygen atoms in total. The molecule has 2 fully saturated rings. The van der Waals surface area contributed by atoms with Crippen molar-refractivity contribution in [2.24, 2.45) is 0 Å². The van der Waals surface area contributed by atoms with E-state index in [2.05, 4.69) is 4.90 Å². The number of carbonyl (C=O) groups excluding carboxylic acids is 1. The maximum absolute atomic E-state index is 12.3. The molecule has 0 aromatic heterocycles. The van der Waals surface area contributed by atoms with Crippen LogP contribution in [0.15, 0.2) is 0 Å². The van der Waals surface area contributed by atoms with Crippen molar-refractivity contribution < 1.29 is 14.7 Å². The van der Waals surface area contributed by atoms with E-state index in [0.717, 1.165) is 38.9 Å². The van der Waals surface area contributed by atoms with Crippen LogP contribution in [-0.2, 0) is 4.79 Å². The van der Waals surface area contributed by atoms with Gasteiger partial charge >= 0.3 is 12.0 Å². The third kappa shape index (κ3) is 3.35. The van der Waals surface area contributed by atoms with Gasteiger partial charge in [0.25, 0.3) is 0 Å². The molecule has 102 valence electrons. The minimum absolute atomic E-state index is 0.102. The molecule has 2 aliphatic rings. The smallest absolute Gasteiger partial charge is 0.323 e. The largest absolute Gasteiger partial charge is 0.480 e. The van der Waals surface area contributed by atoms with E-state index < -0.39 is 5.97 Å². The summed E-state index contributed by atoms with van der Waals surface area (Å²) < 4.78 is 0. The van der Waals surface area contributed by atoms with Gasteiger partial charge in [-0.2, -0.15) is 0 Å². The van der Waals surface area contributed by atoms with E-state index in [0.29, 0.717) is 6.54 Å². The lowest BCUT2D eigenvalue weighted by molar-refractivity contribution is -0.137. The number of aliphatic carboxylic acids is 1. The summed E-state index contributed by atoms with van der Waals surface area (Å²) in [7, 11) is 2.05. The first-order valence-corrected chi connectivity index (χ1v) is 6.54. The van der Waals surface area contributed by atoms with Gasteiger partial charge in [0.15, 0.2) is 0 Å². The number of carboxylic acid groups (broad SMARTS) is 1. The molecule has 18 heavy (non-hydrogen) atoms. The van der Waals surface area contributed by atoms with Crippen molar-refractivity contribution >= 4 is 12.0 Å². The SMILES string of the molecule is CN1CCCN(C(=O)N(CC(=O)O)C2CC2)CC1. The predicted octanol–water partition coefficient (Wildman–Crippen LogP) is 0.293. The van der Waals surface area contributed by atoms with Gasteiger partial charge in [-0.25, -0.2) is 4.79 Å². The van der Waals surface area contributed by atoms with E-state index in [9.17, 15) is 9.59 Å². The molecule has 1 saturated carbocycles. The fourth-order valence-electron chi connectivity index (χ4n) is 2.30. The average molecular weight is 255 g/mol. The zero-order valence-corrected chi connectivity index (χ0v) is 10.8. The number of urea groups is 1. The summed E-state index contributed by atoms with van der Waals surface area (Å²) in [4.78, 5) is 28.7. The van der Waals surface area contributed by atoms with Crippen LogP contribution in [0.25, 0.3) is 0 Å². The van der Waals surface area contributed by atoms with Crippen LogP contribution in [0.2, 0.25) is 0 Å². The highest BCUT2D eigenvalue weighted by molar-refractivity contribution is 5.80. The quantitative estimate of drug-likeness (QED) is 0.787. The lowest BCUT2D eigenvalue weighted by atomic mass is 10.4. The van der Waals surface area contributed by atoms with E-state index in [-0.39, 0.29) is 18.6 Å². The van der Waals surface area contributed by atoms with Crippen LogP contribution in [0.3, 0.4) is 0 Å². The minimum Gasteiger partial charge on any atom is -0.480 e. The Bertz CT molecular complexity index is 331. The highest BCUT2D eigenvalue weighted by Crippen LogP contribution is 2.27. The molecule has 1 aliphatic heterocycles. The number of hydrogen-bond donors (Lipinski definition) is 1. The molecule has 0 unspecified atom stereocenters. The van der Waals surface area contributed by atoms with Crippen molar-refractivity contribution in [1.82, 2.24) is 14.7 Å². The van der Waals surface area contributed by atoms with Crippen molar-refractivity contribution in [3.05, 3.63) is 0 Å². The zero-order chi connectivity index (χ0) is 13.1. The van der Waals surface area contributed by atoms with Gasteiger partial charge in [-0.05, 0) is 32.9 Å². The fourth-order valence-corrected chi connectivity index (χ4v) is 2.30. The molecule has 0 radical (unpaired) electrons. The third-order valence-corrected chi connectivity index (χ3v) is 3.53. The van der Waals surface area contributed by atoms with E-state index in [1.54, 1.807) is 4.90 Å². The summed E-state index contributed by atoms with van der Waals surface area (Å²) in [5, 5.41) is 8.88.